The first-order chi connectivity index (χ1) is 20.9. The predicted molar refractivity (Wildman–Crippen MR) is 166 cm³/mol. The van der Waals surface area contributed by atoms with Gasteiger partial charge < -0.3 is 29.7 Å². The lowest BCUT2D eigenvalue weighted by Crippen LogP contribution is -2.58. The number of sulfonamides is 1. The number of β-amino-alcohol motifs (C(OH)–C–C–N with tert-alkyl or cyclic N) is 1. The number of benzene rings is 2. The summed E-state index contributed by atoms with van der Waals surface area (Å²) in [5, 5.41) is 23.5. The van der Waals surface area contributed by atoms with Crippen LogP contribution in [0.2, 0.25) is 0 Å². The van der Waals surface area contributed by atoms with Gasteiger partial charge in [0.1, 0.15) is 28.1 Å². The molecular formula is C28H32IN5O9S. The fourth-order valence-corrected chi connectivity index (χ4v) is 7.55. The number of hydrogen-bond donors (Lipinski definition) is 3. The highest BCUT2D eigenvalue weighted by Crippen LogP contribution is 2.54. The van der Waals surface area contributed by atoms with Gasteiger partial charge in [-0.25, -0.2) is 17.7 Å². The van der Waals surface area contributed by atoms with E-state index in [0.29, 0.717) is 13.6 Å². The van der Waals surface area contributed by atoms with Gasteiger partial charge in [0.2, 0.25) is 5.88 Å². The van der Waals surface area contributed by atoms with Crippen LogP contribution in [0.5, 0.6) is 17.4 Å². The Hall–Kier alpha value is -3.58. The van der Waals surface area contributed by atoms with Crippen LogP contribution in [0.15, 0.2) is 53.7 Å². The van der Waals surface area contributed by atoms with Crippen molar-refractivity contribution in [1.29, 1.82) is 0 Å². The number of amides is 1. The molecule has 0 saturated carbocycles. The number of aliphatic hydroxyl groups is 1. The number of hydrogen-bond acceptors (Lipinski definition) is 12. The number of methoxy groups -OCH3 is 3. The molecule has 1 saturated heterocycles. The molecule has 1 amide bonds. The maximum absolute atomic E-state index is 14.9. The van der Waals surface area contributed by atoms with E-state index in [9.17, 15) is 28.2 Å². The number of carbonyl (C=O) groups is 2. The second-order valence-corrected chi connectivity index (χ2v) is 12.8. The van der Waals surface area contributed by atoms with Crippen LogP contribution in [0.25, 0.3) is 0 Å². The number of aliphatic carboxylic acids is 1. The zero-order valence-corrected chi connectivity index (χ0v) is 27.5. The Kier molecular flexibility index (Phi) is 9.99. The third kappa shape index (κ3) is 5.44. The summed E-state index contributed by atoms with van der Waals surface area (Å²) in [4.78, 5) is 36.9. The van der Waals surface area contributed by atoms with Crippen molar-refractivity contribution in [2.45, 2.75) is 29.0 Å². The van der Waals surface area contributed by atoms with E-state index in [4.69, 9.17) is 14.2 Å². The first-order valence-corrected chi connectivity index (χ1v) is 15.7. The van der Waals surface area contributed by atoms with Crippen molar-refractivity contribution in [3.63, 3.8) is 0 Å². The molecule has 3 aromatic rings. The molecule has 1 fully saturated rings. The maximum Gasteiger partial charge on any atom is 0.321 e. The van der Waals surface area contributed by atoms with Crippen molar-refractivity contribution >= 4 is 50.2 Å². The molecule has 3 heterocycles. The Morgan fingerprint density at radius 1 is 1.07 bits per heavy atom. The molecule has 236 valence electrons. The van der Waals surface area contributed by atoms with E-state index in [2.05, 4.69) is 15.3 Å². The zero-order valence-electron chi connectivity index (χ0n) is 24.5. The summed E-state index contributed by atoms with van der Waals surface area (Å²) in [6, 6.07) is 7.36. The number of carboxylic acid groups (broad SMARTS) is 1. The first-order valence-electron chi connectivity index (χ1n) is 13.2. The smallest absolute Gasteiger partial charge is 0.321 e. The summed E-state index contributed by atoms with van der Waals surface area (Å²) in [6.07, 6.45) is 1.30. The van der Waals surface area contributed by atoms with Crippen molar-refractivity contribution in [2.75, 3.05) is 46.3 Å². The Labute approximate surface area is 268 Å². The Balaban J connectivity index is 0.00000141. The molecule has 0 spiro atoms. The molecule has 1 unspecified atom stereocenters. The van der Waals surface area contributed by atoms with E-state index in [-0.39, 0.29) is 46.4 Å². The quantitative estimate of drug-likeness (QED) is 0.283. The molecule has 1 aromatic heterocycles. The minimum absolute atomic E-state index is 0.0217. The first kappa shape index (κ1) is 33.3. The molecule has 3 atom stereocenters. The van der Waals surface area contributed by atoms with Gasteiger partial charge in [-0.15, -0.1) is 0 Å². The average molecular weight is 742 g/mol. The number of ether oxygens (including phenoxy) is 3. The number of aliphatic hydroxyl groups excluding tert-OH is 1. The number of anilines is 1. The summed E-state index contributed by atoms with van der Waals surface area (Å²) in [7, 11) is 3.07. The molecule has 2 aliphatic rings. The van der Waals surface area contributed by atoms with Crippen molar-refractivity contribution in [2.24, 2.45) is 0 Å². The highest BCUT2D eigenvalue weighted by molar-refractivity contribution is 14.1. The number of nitrogens with one attached hydrogen (secondary N) is 1. The number of aromatic nitrogens is 2. The molecule has 0 bridgehead atoms. The lowest BCUT2D eigenvalue weighted by Gasteiger charge is -2.39. The summed E-state index contributed by atoms with van der Waals surface area (Å²) >= 11 is 2.01. The van der Waals surface area contributed by atoms with E-state index >= 15 is 0 Å². The second-order valence-electron chi connectivity index (χ2n) is 9.77. The van der Waals surface area contributed by atoms with E-state index in [1.807, 2.05) is 36.7 Å². The third-order valence-electron chi connectivity index (χ3n) is 7.15. The molecule has 5 rings (SSSR count). The summed E-state index contributed by atoms with van der Waals surface area (Å²) in [5.74, 6) is -2.19. The zero-order chi connectivity index (χ0) is 32.4. The SMILES string of the molecule is CNC.COc1ccc(S(=O)(=O)N2C(=O)C(c3nccnc3OC)(N3C[C@H](O)C[C@H]3C(=O)O)c3cc(I)ccc32)c(OC)c1. The van der Waals surface area contributed by atoms with Gasteiger partial charge in [0.05, 0.1) is 33.1 Å². The highest BCUT2D eigenvalue weighted by atomic mass is 127. The second kappa shape index (κ2) is 13.2. The Morgan fingerprint density at radius 3 is 2.36 bits per heavy atom. The highest BCUT2D eigenvalue weighted by Gasteiger charge is 2.65. The number of carboxylic acids is 1. The molecule has 2 aliphatic heterocycles. The fourth-order valence-electron chi connectivity index (χ4n) is 5.46. The van der Waals surface area contributed by atoms with Crippen LogP contribution in [0, 0.1) is 3.57 Å². The van der Waals surface area contributed by atoms with Crippen LogP contribution in [0.1, 0.15) is 17.7 Å². The molecule has 14 nitrogen and oxygen atoms in total. The monoisotopic (exact) mass is 741 g/mol. The predicted octanol–water partition coefficient (Wildman–Crippen LogP) is 1.44. The van der Waals surface area contributed by atoms with Crippen LogP contribution in [0.3, 0.4) is 0 Å². The minimum atomic E-state index is -4.69. The molecule has 0 aliphatic carbocycles. The van der Waals surface area contributed by atoms with Gasteiger partial charge in [-0.2, -0.15) is 0 Å². The molecule has 3 N–H and O–H groups in total. The van der Waals surface area contributed by atoms with Crippen molar-refractivity contribution in [3.8, 4) is 17.4 Å². The Morgan fingerprint density at radius 2 is 1.75 bits per heavy atom. The number of likely N-dealkylation sites (tertiary alicyclic amines) is 1. The lowest BCUT2D eigenvalue weighted by molar-refractivity contribution is -0.145. The molecule has 2 aromatic carbocycles. The lowest BCUT2D eigenvalue weighted by atomic mass is 9.84. The van der Waals surface area contributed by atoms with E-state index < -0.39 is 39.6 Å². The average Bonchev–Trinajstić information content (AvgIpc) is 3.52. The number of carbonyl (C=O) groups excluding carboxylic acids is 1. The fraction of sp³-hybridized carbons (Fsp3) is 0.357. The topological polar surface area (TPSA) is 181 Å². The van der Waals surface area contributed by atoms with E-state index in [1.165, 1.54) is 62.9 Å². The number of fused-ring (bicyclic) bond motifs is 1. The minimum Gasteiger partial charge on any atom is -0.497 e. The van der Waals surface area contributed by atoms with Crippen LogP contribution in [-0.2, 0) is 25.2 Å². The molecular weight excluding hydrogens is 709 g/mol. The molecule has 0 radical (unpaired) electrons. The number of rotatable bonds is 8. The van der Waals surface area contributed by atoms with Crippen LogP contribution in [-0.4, -0.2) is 99.5 Å². The van der Waals surface area contributed by atoms with Crippen molar-refractivity contribution in [3.05, 3.63) is 63.6 Å². The largest absolute Gasteiger partial charge is 0.497 e. The van der Waals surface area contributed by atoms with Crippen molar-refractivity contribution in [1.82, 2.24) is 20.2 Å². The summed E-state index contributed by atoms with van der Waals surface area (Å²) in [5.41, 5.74) is -2.14. The third-order valence-corrected chi connectivity index (χ3v) is 9.55. The van der Waals surface area contributed by atoms with E-state index in [1.54, 1.807) is 12.1 Å². The van der Waals surface area contributed by atoms with Gasteiger partial charge in [-0.05, 0) is 67.0 Å². The van der Waals surface area contributed by atoms with Crippen molar-refractivity contribution < 1.29 is 42.4 Å². The van der Waals surface area contributed by atoms with Crippen LogP contribution in [0.4, 0.5) is 5.69 Å². The van der Waals surface area contributed by atoms with Gasteiger partial charge in [0.15, 0.2) is 5.54 Å². The van der Waals surface area contributed by atoms with Gasteiger partial charge in [0, 0.05) is 40.6 Å². The van der Waals surface area contributed by atoms with Crippen LogP contribution >= 0.6 is 22.6 Å². The Bertz CT molecular complexity index is 1670. The normalized spacial score (nSPS) is 21.3. The maximum atomic E-state index is 14.9. The van der Waals surface area contributed by atoms with Crippen LogP contribution < -0.4 is 23.8 Å². The molecule has 44 heavy (non-hydrogen) atoms. The van der Waals surface area contributed by atoms with Gasteiger partial charge >= 0.3 is 5.97 Å². The van der Waals surface area contributed by atoms with Gasteiger partial charge in [-0.1, -0.05) is 0 Å². The molecule has 16 heteroatoms. The van der Waals surface area contributed by atoms with Gasteiger partial charge in [0.25, 0.3) is 15.9 Å². The summed E-state index contributed by atoms with van der Waals surface area (Å²) < 4.78 is 46.0. The summed E-state index contributed by atoms with van der Waals surface area (Å²) in [6.45, 7) is -0.271. The number of nitrogens with zero attached hydrogens (tertiary/aromatic N) is 4. The standard InChI is InChI=1S/C26H25IN4O9S.C2H7N/c1-38-16-5-7-21(20(12-16)39-2)41(36,37)31-18-6-4-14(27)10-17(18)26(25(31)35,22-23(40-3)29-9-8-28-22)30-13-15(32)11-19(30)24(33)34;1-3-2/h4-10,12,15,19,32H,11,13H2,1-3H3,(H,33,34);3H,1-2H3/t15-,19+,26?;/m1./s1. The van der Waals surface area contributed by atoms with E-state index in [0.717, 1.165) is 0 Å². The van der Waals surface area contributed by atoms with Gasteiger partial charge in [-0.3, -0.25) is 19.5 Å². The number of halogens is 1.